The van der Waals surface area contributed by atoms with E-state index in [-0.39, 0.29) is 23.3 Å². The number of piperidine rings is 1. The van der Waals surface area contributed by atoms with Crippen molar-refractivity contribution in [2.75, 3.05) is 18.8 Å². The molecule has 186 valence electrons. The average molecular weight is 495 g/mol. The molecule has 6 atom stereocenters. The SMILES string of the molecule is CC(C(=O)N1CCCCC1)N1C(=O)NC(CSC2=C(C(=O)O)N3C(=O)C([C@@H](C)O)C3[C@H]2C)C1=O. The van der Waals surface area contributed by atoms with Gasteiger partial charge in [0.1, 0.15) is 17.8 Å². The predicted octanol–water partition coefficient (Wildman–Crippen LogP) is 0.195. The first kappa shape index (κ1) is 24.5. The van der Waals surface area contributed by atoms with Gasteiger partial charge in [-0.3, -0.25) is 19.3 Å². The molecule has 3 N–H and O–H groups in total. The number of nitrogens with one attached hydrogen (secondary N) is 1. The van der Waals surface area contributed by atoms with Crippen molar-refractivity contribution in [3.05, 3.63) is 10.6 Å². The number of β-lactam (4-membered cyclic amide) rings is 1. The molecule has 4 aliphatic rings. The number of aliphatic hydroxyl groups is 1. The van der Waals surface area contributed by atoms with Gasteiger partial charge in [-0.2, -0.15) is 0 Å². The highest BCUT2D eigenvalue weighted by Crippen LogP contribution is 2.50. The van der Waals surface area contributed by atoms with Crippen LogP contribution in [0.25, 0.3) is 0 Å². The van der Waals surface area contributed by atoms with Crippen LogP contribution < -0.4 is 5.32 Å². The minimum Gasteiger partial charge on any atom is -0.477 e. The monoisotopic (exact) mass is 494 g/mol. The molecular formula is C22H30N4O7S. The van der Waals surface area contributed by atoms with Gasteiger partial charge in [-0.15, -0.1) is 11.8 Å². The molecule has 0 aromatic rings. The van der Waals surface area contributed by atoms with Crippen LogP contribution in [0, 0.1) is 11.8 Å². The normalized spacial score (nSPS) is 30.8. The zero-order valence-electron chi connectivity index (χ0n) is 19.4. The lowest BCUT2D eigenvalue weighted by Crippen LogP contribution is -2.63. The number of fused-ring (bicyclic) bond motifs is 1. The summed E-state index contributed by atoms with van der Waals surface area (Å²) in [5.41, 5.74) is -0.133. The molecule has 0 aliphatic carbocycles. The second kappa shape index (κ2) is 9.21. The summed E-state index contributed by atoms with van der Waals surface area (Å²) in [6.45, 7) is 6.06. The van der Waals surface area contributed by atoms with Crippen molar-refractivity contribution in [1.29, 1.82) is 0 Å². The highest BCUT2D eigenvalue weighted by atomic mass is 32.2. The predicted molar refractivity (Wildman–Crippen MR) is 121 cm³/mol. The molecule has 3 fully saturated rings. The van der Waals surface area contributed by atoms with Gasteiger partial charge in [0, 0.05) is 29.7 Å². The van der Waals surface area contributed by atoms with Crippen LogP contribution in [0.15, 0.2) is 10.6 Å². The second-order valence-electron chi connectivity index (χ2n) is 9.36. The third-order valence-electron chi connectivity index (χ3n) is 7.18. The van der Waals surface area contributed by atoms with E-state index in [9.17, 15) is 34.2 Å². The standard InChI is InChI=1S/C22H30N4O7S/c1-10-15-14(12(3)27)20(30)26(15)16(21(31)32)17(10)34-9-13-19(29)25(22(33)23-13)11(2)18(28)24-7-5-4-6-8-24/h10-15,27H,4-9H2,1-3H3,(H,23,33)(H,31,32)/t10-,11?,12-,13?,14?,15?/m1/s1. The van der Waals surface area contributed by atoms with Crippen molar-refractivity contribution in [2.45, 2.75) is 64.3 Å². The Morgan fingerprint density at radius 1 is 1.12 bits per heavy atom. The molecule has 12 heteroatoms. The van der Waals surface area contributed by atoms with Gasteiger partial charge in [0.15, 0.2) is 0 Å². The molecule has 11 nitrogen and oxygen atoms in total. The molecule has 4 aliphatic heterocycles. The molecule has 4 rings (SSSR count). The Hall–Kier alpha value is -2.60. The number of urea groups is 1. The van der Waals surface area contributed by atoms with Crippen LogP contribution in [0.4, 0.5) is 4.79 Å². The van der Waals surface area contributed by atoms with E-state index in [1.54, 1.807) is 18.7 Å². The Bertz CT molecular complexity index is 961. The lowest BCUT2D eigenvalue weighted by Gasteiger charge is -2.46. The summed E-state index contributed by atoms with van der Waals surface area (Å²) >= 11 is 1.11. The van der Waals surface area contributed by atoms with Crippen molar-refractivity contribution in [2.24, 2.45) is 11.8 Å². The molecule has 34 heavy (non-hydrogen) atoms. The van der Waals surface area contributed by atoms with Gasteiger partial charge in [-0.1, -0.05) is 6.92 Å². The number of hydrogen-bond acceptors (Lipinski definition) is 7. The number of nitrogens with zero attached hydrogens (tertiary/aromatic N) is 3. The number of hydrogen-bond donors (Lipinski definition) is 3. The summed E-state index contributed by atoms with van der Waals surface area (Å²) in [6, 6.07) is -2.94. The Morgan fingerprint density at radius 2 is 1.76 bits per heavy atom. The van der Waals surface area contributed by atoms with E-state index in [1.807, 2.05) is 0 Å². The van der Waals surface area contributed by atoms with Crippen LogP contribution in [0.1, 0.15) is 40.0 Å². The highest BCUT2D eigenvalue weighted by molar-refractivity contribution is 8.03. The Labute approximate surface area is 201 Å². The molecule has 0 radical (unpaired) electrons. The summed E-state index contributed by atoms with van der Waals surface area (Å²) in [5.74, 6) is -3.41. The molecule has 0 aromatic carbocycles. The minimum absolute atomic E-state index is 0.0657. The summed E-state index contributed by atoms with van der Waals surface area (Å²) in [7, 11) is 0. The zero-order chi connectivity index (χ0) is 24.9. The molecule has 0 aromatic heterocycles. The lowest BCUT2D eigenvalue weighted by atomic mass is 9.79. The first-order valence-electron chi connectivity index (χ1n) is 11.6. The van der Waals surface area contributed by atoms with E-state index in [2.05, 4.69) is 5.32 Å². The van der Waals surface area contributed by atoms with E-state index >= 15 is 0 Å². The number of carbonyl (C=O) groups excluding carboxylic acids is 4. The number of carboxylic acid groups (broad SMARTS) is 1. The largest absolute Gasteiger partial charge is 0.477 e. The first-order valence-corrected chi connectivity index (χ1v) is 12.6. The molecule has 0 saturated carbocycles. The Balaban J connectivity index is 1.45. The molecule has 0 bridgehead atoms. The topological polar surface area (TPSA) is 148 Å². The fourth-order valence-corrected chi connectivity index (χ4v) is 6.70. The average Bonchev–Trinajstić information content (AvgIpc) is 3.21. The van der Waals surface area contributed by atoms with Crippen LogP contribution in [-0.2, 0) is 19.2 Å². The maximum absolute atomic E-state index is 13.0. The van der Waals surface area contributed by atoms with Gasteiger partial charge in [-0.05, 0) is 33.1 Å². The van der Waals surface area contributed by atoms with E-state index in [0.717, 1.165) is 35.9 Å². The van der Waals surface area contributed by atoms with E-state index in [1.165, 1.54) is 11.8 Å². The number of carbonyl (C=O) groups is 5. The molecule has 3 saturated heterocycles. The van der Waals surface area contributed by atoms with Crippen molar-refractivity contribution in [3.63, 3.8) is 0 Å². The van der Waals surface area contributed by atoms with Crippen LogP contribution in [-0.4, -0.2) is 97.7 Å². The summed E-state index contributed by atoms with van der Waals surface area (Å²) in [4.78, 5) is 67.1. The van der Waals surface area contributed by atoms with Gasteiger partial charge >= 0.3 is 12.0 Å². The summed E-state index contributed by atoms with van der Waals surface area (Å²) in [5, 5.41) is 22.3. The fourth-order valence-electron chi connectivity index (χ4n) is 5.41. The van der Waals surface area contributed by atoms with Crippen LogP contribution in [0.3, 0.4) is 0 Å². The third-order valence-corrected chi connectivity index (χ3v) is 8.56. The van der Waals surface area contributed by atoms with Crippen molar-refractivity contribution < 1.29 is 34.2 Å². The molecule has 5 amide bonds. The molecular weight excluding hydrogens is 464 g/mol. The number of thioether (sulfide) groups is 1. The quantitative estimate of drug-likeness (QED) is 0.336. The second-order valence-corrected chi connectivity index (χ2v) is 10.4. The smallest absolute Gasteiger partial charge is 0.353 e. The van der Waals surface area contributed by atoms with Gasteiger partial charge in [0.05, 0.1) is 18.1 Å². The summed E-state index contributed by atoms with van der Waals surface area (Å²) < 4.78 is 0. The number of imide groups is 1. The van der Waals surface area contributed by atoms with Crippen molar-refractivity contribution in [3.8, 4) is 0 Å². The van der Waals surface area contributed by atoms with Crippen molar-refractivity contribution in [1.82, 2.24) is 20.0 Å². The minimum atomic E-state index is -1.25. The number of aliphatic carboxylic acids is 1. The maximum atomic E-state index is 13.0. The number of likely N-dealkylation sites (tertiary alicyclic amines) is 1. The summed E-state index contributed by atoms with van der Waals surface area (Å²) in [6.07, 6.45) is 1.94. The highest BCUT2D eigenvalue weighted by Gasteiger charge is 2.60. The lowest BCUT2D eigenvalue weighted by molar-refractivity contribution is -0.163. The third kappa shape index (κ3) is 3.86. The first-order chi connectivity index (χ1) is 16.1. The van der Waals surface area contributed by atoms with Gasteiger partial charge < -0.3 is 25.3 Å². The van der Waals surface area contributed by atoms with Crippen LogP contribution in [0.2, 0.25) is 0 Å². The number of amides is 5. The van der Waals surface area contributed by atoms with E-state index in [4.69, 9.17) is 0 Å². The number of aliphatic hydroxyl groups excluding tert-OH is 1. The van der Waals surface area contributed by atoms with Gasteiger partial charge in [-0.25, -0.2) is 9.59 Å². The number of carboxylic acids is 1. The van der Waals surface area contributed by atoms with E-state index < -0.39 is 54.0 Å². The number of rotatable bonds is 7. The van der Waals surface area contributed by atoms with Crippen LogP contribution >= 0.6 is 11.8 Å². The Kier molecular flexibility index (Phi) is 6.65. The van der Waals surface area contributed by atoms with Crippen LogP contribution in [0.5, 0.6) is 0 Å². The van der Waals surface area contributed by atoms with Gasteiger partial charge in [0.2, 0.25) is 11.8 Å². The molecule has 0 spiro atoms. The molecule has 4 heterocycles. The molecule has 4 unspecified atom stereocenters. The van der Waals surface area contributed by atoms with E-state index in [0.29, 0.717) is 18.0 Å². The zero-order valence-corrected chi connectivity index (χ0v) is 20.2. The fraction of sp³-hybridized carbons (Fsp3) is 0.682. The Morgan fingerprint density at radius 3 is 2.35 bits per heavy atom. The maximum Gasteiger partial charge on any atom is 0.353 e. The van der Waals surface area contributed by atoms with Crippen molar-refractivity contribution >= 4 is 41.5 Å². The van der Waals surface area contributed by atoms with Gasteiger partial charge in [0.25, 0.3) is 5.91 Å².